The molecule has 0 aliphatic carbocycles. The Morgan fingerprint density at radius 3 is 2.70 bits per heavy atom. The molecule has 1 aliphatic rings. The summed E-state index contributed by atoms with van der Waals surface area (Å²) >= 11 is 10.8. The molecule has 0 radical (unpaired) electrons. The number of carbonyl (C=O) groups is 1. The van der Waals surface area contributed by atoms with Gasteiger partial charge in [0.2, 0.25) is 0 Å². The molecule has 1 aromatic heterocycles. The molecule has 118 valence electrons. The van der Waals surface area contributed by atoms with Crippen LogP contribution in [0.25, 0.3) is 6.08 Å². The number of likely N-dealkylation sites (N-methyl/N-ethyl adjacent to an activating group) is 1. The summed E-state index contributed by atoms with van der Waals surface area (Å²) in [5.41, 5.74) is 0.386. The Hall–Kier alpha value is -2.31. The van der Waals surface area contributed by atoms with Gasteiger partial charge in [0.1, 0.15) is 29.6 Å². The Morgan fingerprint density at radius 1 is 1.30 bits per heavy atom. The average molecular weight is 349 g/mol. The fourth-order valence-corrected chi connectivity index (χ4v) is 2.32. The molecule has 3 rings (SSSR count). The summed E-state index contributed by atoms with van der Waals surface area (Å²) in [4.78, 5) is 13.3. The average Bonchev–Trinajstić information content (AvgIpc) is 3.08. The highest BCUT2D eigenvalue weighted by Crippen LogP contribution is 2.19. The van der Waals surface area contributed by atoms with E-state index in [4.69, 9.17) is 33.0 Å². The summed E-state index contributed by atoms with van der Waals surface area (Å²) in [6.45, 7) is 0.282. The molecule has 23 heavy (non-hydrogen) atoms. The zero-order chi connectivity index (χ0) is 16.4. The van der Waals surface area contributed by atoms with Crippen LogP contribution in [0, 0.1) is 0 Å². The van der Waals surface area contributed by atoms with Crippen molar-refractivity contribution in [3.05, 3.63) is 58.6 Å². The van der Waals surface area contributed by atoms with Crippen LogP contribution in [0.3, 0.4) is 0 Å². The maximum Gasteiger partial charge on any atom is 0.276 e. The first-order valence-electron chi connectivity index (χ1n) is 6.81. The molecular weight excluding hydrogens is 336 g/mol. The number of thiocarbonyl (C=S) groups is 1. The van der Waals surface area contributed by atoms with E-state index in [0.717, 1.165) is 0 Å². The minimum absolute atomic E-state index is 0.189. The predicted octanol–water partition coefficient (Wildman–Crippen LogP) is 3.20. The number of nitrogens with one attached hydrogen (secondary N) is 1. The molecule has 2 heterocycles. The number of hydrogen-bond donors (Lipinski definition) is 1. The van der Waals surface area contributed by atoms with E-state index in [2.05, 4.69) is 5.32 Å². The summed E-state index contributed by atoms with van der Waals surface area (Å²) in [6, 6.07) is 10.6. The lowest BCUT2D eigenvalue weighted by Crippen LogP contribution is -2.25. The molecular formula is C16H13ClN2O3S. The number of benzene rings is 1. The quantitative estimate of drug-likeness (QED) is 0.679. The molecule has 1 saturated heterocycles. The Balaban J connectivity index is 1.65. The first-order chi connectivity index (χ1) is 11.0. The van der Waals surface area contributed by atoms with Gasteiger partial charge >= 0.3 is 0 Å². The maximum atomic E-state index is 11.9. The molecule has 1 amide bonds. The van der Waals surface area contributed by atoms with Crippen molar-refractivity contribution in [3.63, 3.8) is 0 Å². The maximum absolute atomic E-state index is 11.9. The molecule has 2 aromatic rings. The van der Waals surface area contributed by atoms with Crippen LogP contribution in [0.15, 0.2) is 46.5 Å². The van der Waals surface area contributed by atoms with Crippen molar-refractivity contribution in [1.82, 2.24) is 10.2 Å². The number of rotatable bonds is 4. The van der Waals surface area contributed by atoms with E-state index >= 15 is 0 Å². The van der Waals surface area contributed by atoms with Crippen molar-refractivity contribution in [2.24, 2.45) is 0 Å². The molecule has 1 fully saturated rings. The van der Waals surface area contributed by atoms with E-state index < -0.39 is 0 Å². The van der Waals surface area contributed by atoms with E-state index in [-0.39, 0.29) is 12.5 Å². The molecule has 1 aromatic carbocycles. The molecule has 1 aliphatic heterocycles. The number of carbonyl (C=O) groups excluding carboxylic acids is 1. The summed E-state index contributed by atoms with van der Waals surface area (Å²) in [6.07, 6.45) is 1.62. The SMILES string of the molecule is CN1C(=O)/C(=C\c2ccc(COc3ccc(Cl)cc3)o2)NC1=S. The van der Waals surface area contributed by atoms with Crippen LogP contribution in [0.2, 0.25) is 5.02 Å². The number of furan rings is 1. The third-order valence-electron chi connectivity index (χ3n) is 3.25. The number of ether oxygens (including phenoxy) is 1. The van der Waals surface area contributed by atoms with Crippen LogP contribution < -0.4 is 10.1 Å². The third kappa shape index (κ3) is 3.55. The van der Waals surface area contributed by atoms with Crippen molar-refractivity contribution >= 4 is 40.9 Å². The smallest absolute Gasteiger partial charge is 0.276 e. The van der Waals surface area contributed by atoms with Crippen LogP contribution in [0.5, 0.6) is 5.75 Å². The Bertz CT molecular complexity index is 783. The van der Waals surface area contributed by atoms with E-state index in [1.807, 2.05) is 0 Å². The second kappa shape index (κ2) is 6.44. The van der Waals surface area contributed by atoms with Crippen molar-refractivity contribution in [1.29, 1.82) is 0 Å². The van der Waals surface area contributed by atoms with E-state index in [1.165, 1.54) is 4.90 Å². The first-order valence-corrected chi connectivity index (χ1v) is 7.59. The van der Waals surface area contributed by atoms with Gasteiger partial charge in [0, 0.05) is 18.1 Å². The largest absolute Gasteiger partial charge is 0.486 e. The molecule has 5 nitrogen and oxygen atoms in total. The second-order valence-electron chi connectivity index (χ2n) is 4.90. The van der Waals surface area contributed by atoms with Gasteiger partial charge < -0.3 is 14.5 Å². The normalized spacial score (nSPS) is 16.1. The summed E-state index contributed by atoms with van der Waals surface area (Å²) in [5.74, 6) is 1.71. The van der Waals surface area contributed by atoms with Crippen LogP contribution in [0.4, 0.5) is 0 Å². The zero-order valence-corrected chi connectivity index (χ0v) is 13.8. The summed E-state index contributed by atoms with van der Waals surface area (Å²) < 4.78 is 11.2. The highest BCUT2D eigenvalue weighted by molar-refractivity contribution is 7.80. The number of amides is 1. The van der Waals surface area contributed by atoms with Gasteiger partial charge in [-0.05, 0) is 48.6 Å². The van der Waals surface area contributed by atoms with Gasteiger partial charge in [-0.2, -0.15) is 0 Å². The minimum atomic E-state index is -0.189. The second-order valence-corrected chi connectivity index (χ2v) is 5.72. The third-order valence-corrected chi connectivity index (χ3v) is 3.87. The fraction of sp³-hybridized carbons (Fsp3) is 0.125. The molecule has 0 unspecified atom stereocenters. The van der Waals surface area contributed by atoms with Crippen LogP contribution in [0.1, 0.15) is 11.5 Å². The molecule has 7 heteroatoms. The standard InChI is InChI=1S/C16H13ClN2O3S/c1-19-15(20)14(18-16(19)23)8-12-6-7-13(22-12)9-21-11-4-2-10(17)3-5-11/h2-8H,9H2,1H3,(H,18,23)/b14-8+. The number of nitrogens with zero attached hydrogens (tertiary/aromatic N) is 1. The van der Waals surface area contributed by atoms with Crippen molar-refractivity contribution < 1.29 is 13.9 Å². The van der Waals surface area contributed by atoms with Gasteiger partial charge in [-0.1, -0.05) is 11.6 Å². The predicted molar refractivity (Wildman–Crippen MR) is 91.0 cm³/mol. The minimum Gasteiger partial charge on any atom is -0.486 e. The van der Waals surface area contributed by atoms with Crippen LogP contribution in [-0.2, 0) is 11.4 Å². The highest BCUT2D eigenvalue weighted by Gasteiger charge is 2.27. The van der Waals surface area contributed by atoms with E-state index in [9.17, 15) is 4.79 Å². The Morgan fingerprint density at radius 2 is 2.04 bits per heavy atom. The Labute approximate surface area is 143 Å². The van der Waals surface area contributed by atoms with Gasteiger partial charge in [0.15, 0.2) is 5.11 Å². The van der Waals surface area contributed by atoms with Crippen molar-refractivity contribution in [2.45, 2.75) is 6.61 Å². The van der Waals surface area contributed by atoms with Crippen molar-refractivity contribution in [2.75, 3.05) is 7.05 Å². The zero-order valence-electron chi connectivity index (χ0n) is 12.2. The van der Waals surface area contributed by atoms with Gasteiger partial charge in [-0.3, -0.25) is 9.69 Å². The van der Waals surface area contributed by atoms with E-state index in [1.54, 1.807) is 49.5 Å². The van der Waals surface area contributed by atoms with Gasteiger partial charge in [0.05, 0.1) is 0 Å². The molecule has 0 spiro atoms. The monoisotopic (exact) mass is 348 g/mol. The fourth-order valence-electron chi connectivity index (χ4n) is 2.00. The summed E-state index contributed by atoms with van der Waals surface area (Å²) in [5, 5.41) is 3.87. The topological polar surface area (TPSA) is 54.7 Å². The van der Waals surface area contributed by atoms with Crippen molar-refractivity contribution in [3.8, 4) is 5.75 Å². The summed E-state index contributed by atoms with van der Waals surface area (Å²) in [7, 11) is 1.62. The van der Waals surface area contributed by atoms with Gasteiger partial charge in [-0.25, -0.2) is 0 Å². The molecule has 0 saturated carbocycles. The van der Waals surface area contributed by atoms with Crippen LogP contribution >= 0.6 is 23.8 Å². The first kappa shape index (κ1) is 15.6. The molecule has 0 atom stereocenters. The van der Waals surface area contributed by atoms with Crippen LogP contribution in [-0.4, -0.2) is 23.0 Å². The lowest BCUT2D eigenvalue weighted by atomic mass is 10.3. The Kier molecular flexibility index (Phi) is 4.36. The number of hydrogen-bond acceptors (Lipinski definition) is 4. The number of halogens is 1. The molecule has 0 bridgehead atoms. The lowest BCUT2D eigenvalue weighted by Gasteiger charge is -2.03. The van der Waals surface area contributed by atoms with E-state index in [0.29, 0.717) is 33.1 Å². The van der Waals surface area contributed by atoms with Gasteiger partial charge in [0.25, 0.3) is 5.91 Å². The lowest BCUT2D eigenvalue weighted by molar-refractivity contribution is -0.121. The van der Waals surface area contributed by atoms with Gasteiger partial charge in [-0.15, -0.1) is 0 Å². The highest BCUT2D eigenvalue weighted by atomic mass is 35.5. The molecule has 1 N–H and O–H groups in total.